The second kappa shape index (κ2) is 6.69. The third-order valence-corrected chi connectivity index (χ3v) is 2.96. The summed E-state index contributed by atoms with van der Waals surface area (Å²) in [6.45, 7) is 9.46. The van der Waals surface area contributed by atoms with Gasteiger partial charge < -0.3 is 10.1 Å². The average molecular weight is 251 g/mol. The van der Waals surface area contributed by atoms with Gasteiger partial charge in [0, 0.05) is 24.2 Å². The fourth-order valence-electron chi connectivity index (χ4n) is 1.82. The van der Waals surface area contributed by atoms with E-state index in [1.54, 1.807) is 6.33 Å². The highest BCUT2D eigenvalue weighted by Crippen LogP contribution is 2.22. The van der Waals surface area contributed by atoms with Gasteiger partial charge in [0.05, 0.1) is 6.61 Å². The zero-order chi connectivity index (χ0) is 13.6. The molecule has 1 rings (SSSR count). The van der Waals surface area contributed by atoms with Gasteiger partial charge in [-0.2, -0.15) is 0 Å². The molecule has 0 fully saturated rings. The molecule has 102 valence electrons. The van der Waals surface area contributed by atoms with Gasteiger partial charge in [0.1, 0.15) is 6.33 Å². The van der Waals surface area contributed by atoms with Crippen LogP contribution in [0.1, 0.15) is 39.8 Å². The lowest BCUT2D eigenvalue weighted by molar-refractivity contribution is 0.276. The minimum absolute atomic E-state index is 0.199. The van der Waals surface area contributed by atoms with Crippen LogP contribution in [0.5, 0.6) is 5.88 Å². The molecule has 18 heavy (non-hydrogen) atoms. The van der Waals surface area contributed by atoms with E-state index in [-0.39, 0.29) is 5.41 Å². The minimum atomic E-state index is 0.199. The third kappa shape index (κ3) is 4.61. The smallest absolute Gasteiger partial charge is 0.216 e. The van der Waals surface area contributed by atoms with Crippen LogP contribution in [0.2, 0.25) is 0 Å². The quantitative estimate of drug-likeness (QED) is 0.843. The van der Waals surface area contributed by atoms with Crippen LogP contribution in [0.25, 0.3) is 0 Å². The van der Waals surface area contributed by atoms with Crippen molar-refractivity contribution >= 4 is 0 Å². The Labute approximate surface area is 110 Å². The topological polar surface area (TPSA) is 47.0 Å². The Morgan fingerprint density at radius 3 is 2.61 bits per heavy atom. The molecule has 0 aliphatic rings. The van der Waals surface area contributed by atoms with Gasteiger partial charge in [0.2, 0.25) is 5.88 Å². The van der Waals surface area contributed by atoms with E-state index < -0.39 is 0 Å². The molecule has 1 aromatic rings. The van der Waals surface area contributed by atoms with Crippen LogP contribution in [0, 0.1) is 5.41 Å². The van der Waals surface area contributed by atoms with E-state index in [4.69, 9.17) is 4.74 Å². The summed E-state index contributed by atoms with van der Waals surface area (Å²) in [5.74, 6) is 0.672. The molecule has 1 N–H and O–H groups in total. The average Bonchev–Trinajstić information content (AvgIpc) is 2.32. The molecule has 0 aliphatic heterocycles. The molecule has 0 aromatic carbocycles. The van der Waals surface area contributed by atoms with Crippen molar-refractivity contribution in [1.29, 1.82) is 0 Å². The number of likely N-dealkylation sites (N-methyl/N-ethyl adjacent to an activating group) is 1. The molecule has 0 radical (unpaired) electrons. The summed E-state index contributed by atoms with van der Waals surface area (Å²) in [6.07, 6.45) is 3.45. The number of aromatic nitrogens is 2. The second-order valence-electron chi connectivity index (χ2n) is 5.61. The monoisotopic (exact) mass is 251 g/mol. The molecule has 4 heteroatoms. The first-order valence-electron chi connectivity index (χ1n) is 6.58. The SMILES string of the molecule is CCCOc1cc(CC(NC)C(C)(C)C)ncn1. The highest BCUT2D eigenvalue weighted by molar-refractivity contribution is 5.15. The van der Waals surface area contributed by atoms with Gasteiger partial charge in [-0.05, 0) is 18.9 Å². The number of hydrogen-bond donors (Lipinski definition) is 1. The van der Waals surface area contributed by atoms with E-state index in [0.717, 1.165) is 18.5 Å². The van der Waals surface area contributed by atoms with E-state index in [1.807, 2.05) is 13.1 Å². The van der Waals surface area contributed by atoms with Crippen molar-refractivity contribution < 1.29 is 4.74 Å². The number of rotatable bonds is 6. The number of hydrogen-bond acceptors (Lipinski definition) is 4. The van der Waals surface area contributed by atoms with Crippen molar-refractivity contribution in [1.82, 2.24) is 15.3 Å². The normalized spacial score (nSPS) is 13.4. The van der Waals surface area contributed by atoms with Crippen LogP contribution in [0.4, 0.5) is 0 Å². The highest BCUT2D eigenvalue weighted by Gasteiger charge is 2.23. The molecule has 1 unspecified atom stereocenters. The van der Waals surface area contributed by atoms with Crippen LogP contribution in [-0.2, 0) is 6.42 Å². The Bertz CT molecular complexity index is 360. The Hall–Kier alpha value is -1.16. The van der Waals surface area contributed by atoms with Crippen LogP contribution >= 0.6 is 0 Å². The molecule has 0 spiro atoms. The van der Waals surface area contributed by atoms with E-state index >= 15 is 0 Å². The predicted molar refractivity (Wildman–Crippen MR) is 73.8 cm³/mol. The molecule has 0 amide bonds. The van der Waals surface area contributed by atoms with Crippen LogP contribution < -0.4 is 10.1 Å². The van der Waals surface area contributed by atoms with Crippen molar-refractivity contribution in [2.24, 2.45) is 5.41 Å². The van der Waals surface area contributed by atoms with Gasteiger partial charge in [0.25, 0.3) is 0 Å². The predicted octanol–water partition coefficient (Wildman–Crippen LogP) is 2.44. The lowest BCUT2D eigenvalue weighted by Crippen LogP contribution is -2.40. The van der Waals surface area contributed by atoms with Gasteiger partial charge >= 0.3 is 0 Å². The maximum absolute atomic E-state index is 5.53. The highest BCUT2D eigenvalue weighted by atomic mass is 16.5. The van der Waals surface area contributed by atoms with Gasteiger partial charge in [-0.15, -0.1) is 0 Å². The summed E-state index contributed by atoms with van der Waals surface area (Å²) in [6, 6.07) is 2.32. The van der Waals surface area contributed by atoms with E-state index in [2.05, 4.69) is 43.0 Å². The van der Waals surface area contributed by atoms with Crippen molar-refractivity contribution in [2.75, 3.05) is 13.7 Å². The molecule has 0 bridgehead atoms. The summed E-state index contributed by atoms with van der Waals surface area (Å²) in [5, 5.41) is 3.35. The molecule has 0 saturated heterocycles. The van der Waals surface area contributed by atoms with Crippen LogP contribution in [0.3, 0.4) is 0 Å². The standard InChI is InChI=1S/C14H25N3O/c1-6-7-18-13-9-11(16-10-17-13)8-12(15-5)14(2,3)4/h9-10,12,15H,6-8H2,1-5H3. The Kier molecular flexibility index (Phi) is 5.54. The molecule has 0 saturated carbocycles. The van der Waals surface area contributed by atoms with E-state index in [0.29, 0.717) is 18.5 Å². The molecule has 1 heterocycles. The lowest BCUT2D eigenvalue weighted by Gasteiger charge is -2.30. The third-order valence-electron chi connectivity index (χ3n) is 2.96. The number of ether oxygens (including phenoxy) is 1. The molecule has 0 aliphatic carbocycles. The Morgan fingerprint density at radius 1 is 1.33 bits per heavy atom. The Morgan fingerprint density at radius 2 is 2.06 bits per heavy atom. The largest absolute Gasteiger partial charge is 0.478 e. The van der Waals surface area contributed by atoms with Crippen LogP contribution in [0.15, 0.2) is 12.4 Å². The molecule has 1 atom stereocenters. The number of nitrogens with one attached hydrogen (secondary N) is 1. The second-order valence-corrected chi connectivity index (χ2v) is 5.61. The maximum atomic E-state index is 5.53. The van der Waals surface area contributed by atoms with Gasteiger partial charge in [-0.3, -0.25) is 0 Å². The summed E-state index contributed by atoms with van der Waals surface area (Å²) in [4.78, 5) is 8.44. The van der Waals surface area contributed by atoms with Crippen molar-refractivity contribution in [3.63, 3.8) is 0 Å². The molecular weight excluding hydrogens is 226 g/mol. The van der Waals surface area contributed by atoms with Crippen molar-refractivity contribution in [3.8, 4) is 5.88 Å². The maximum Gasteiger partial charge on any atom is 0.216 e. The Balaban J connectivity index is 2.71. The first kappa shape index (κ1) is 14.9. The fourth-order valence-corrected chi connectivity index (χ4v) is 1.82. The van der Waals surface area contributed by atoms with E-state index in [9.17, 15) is 0 Å². The number of nitrogens with zero attached hydrogens (tertiary/aromatic N) is 2. The summed E-state index contributed by atoms with van der Waals surface area (Å²) < 4.78 is 5.53. The van der Waals surface area contributed by atoms with Crippen LogP contribution in [-0.4, -0.2) is 29.7 Å². The molecule has 1 aromatic heterocycles. The summed E-state index contributed by atoms with van der Waals surface area (Å²) >= 11 is 0. The zero-order valence-corrected chi connectivity index (χ0v) is 12.2. The molecule has 4 nitrogen and oxygen atoms in total. The lowest BCUT2D eigenvalue weighted by atomic mass is 9.84. The molecular formula is C14H25N3O. The summed E-state index contributed by atoms with van der Waals surface area (Å²) in [7, 11) is 1.99. The fraction of sp³-hybridized carbons (Fsp3) is 0.714. The summed E-state index contributed by atoms with van der Waals surface area (Å²) in [5.41, 5.74) is 1.22. The first-order valence-corrected chi connectivity index (χ1v) is 6.58. The van der Waals surface area contributed by atoms with Gasteiger partial charge in [-0.1, -0.05) is 27.7 Å². The first-order chi connectivity index (χ1) is 8.47. The minimum Gasteiger partial charge on any atom is -0.478 e. The van der Waals surface area contributed by atoms with Crippen molar-refractivity contribution in [3.05, 3.63) is 18.1 Å². The van der Waals surface area contributed by atoms with Gasteiger partial charge in [-0.25, -0.2) is 9.97 Å². The van der Waals surface area contributed by atoms with Crippen molar-refractivity contribution in [2.45, 2.75) is 46.6 Å². The van der Waals surface area contributed by atoms with Gasteiger partial charge in [0.15, 0.2) is 0 Å². The zero-order valence-electron chi connectivity index (χ0n) is 12.2. The van der Waals surface area contributed by atoms with E-state index in [1.165, 1.54) is 0 Å².